The van der Waals surface area contributed by atoms with Crippen molar-refractivity contribution in [2.75, 3.05) is 0 Å². The Kier molecular flexibility index (Phi) is 3.92. The molecule has 0 unspecified atom stereocenters. The average molecular weight is 329 g/mol. The van der Waals surface area contributed by atoms with Gasteiger partial charge in [-0.05, 0) is 42.5 Å². The van der Waals surface area contributed by atoms with Crippen molar-refractivity contribution >= 4 is 16.8 Å². The molecule has 0 spiro atoms. The topological polar surface area (TPSA) is 72.7 Å². The highest BCUT2D eigenvalue weighted by molar-refractivity contribution is 5.97. The summed E-state index contributed by atoms with van der Waals surface area (Å²) in [6.45, 7) is 0.395. The molecular formula is C19H15N5O. The largest absolute Gasteiger partial charge is 0.346 e. The first kappa shape index (κ1) is 15.0. The summed E-state index contributed by atoms with van der Waals surface area (Å²) >= 11 is 0. The van der Waals surface area contributed by atoms with Crippen LogP contribution in [0.3, 0.4) is 0 Å². The van der Waals surface area contributed by atoms with Gasteiger partial charge in [-0.25, -0.2) is 4.68 Å². The predicted octanol–water partition coefficient (Wildman–Crippen LogP) is 2.75. The third kappa shape index (κ3) is 3.23. The van der Waals surface area contributed by atoms with Gasteiger partial charge in [0, 0.05) is 29.5 Å². The van der Waals surface area contributed by atoms with Crippen LogP contribution in [0.15, 0.2) is 73.3 Å². The van der Waals surface area contributed by atoms with E-state index in [9.17, 15) is 4.79 Å². The summed E-state index contributed by atoms with van der Waals surface area (Å²) in [5.41, 5.74) is 3.11. The Bertz CT molecular complexity index is 1010. The maximum absolute atomic E-state index is 12.4. The van der Waals surface area contributed by atoms with E-state index in [0.29, 0.717) is 12.1 Å². The Balaban J connectivity index is 1.55. The lowest BCUT2D eigenvalue weighted by Crippen LogP contribution is -2.23. The highest BCUT2D eigenvalue weighted by Crippen LogP contribution is 2.17. The third-order valence-corrected chi connectivity index (χ3v) is 3.83. The van der Waals surface area contributed by atoms with Crippen LogP contribution >= 0.6 is 0 Å². The summed E-state index contributed by atoms with van der Waals surface area (Å²) in [6, 6.07) is 14.9. The van der Waals surface area contributed by atoms with E-state index in [1.807, 2.05) is 48.7 Å². The van der Waals surface area contributed by atoms with Crippen LogP contribution in [-0.2, 0) is 6.54 Å². The zero-order valence-electron chi connectivity index (χ0n) is 13.3. The molecule has 1 aromatic carbocycles. The van der Waals surface area contributed by atoms with Crippen LogP contribution in [0, 0.1) is 0 Å². The number of benzene rings is 1. The fourth-order valence-electron chi connectivity index (χ4n) is 2.56. The van der Waals surface area contributed by atoms with Crippen molar-refractivity contribution in [2.45, 2.75) is 6.54 Å². The number of carbonyl (C=O) groups excluding carboxylic acids is 1. The molecule has 4 aromatic rings. The van der Waals surface area contributed by atoms with Crippen molar-refractivity contribution in [3.8, 4) is 5.69 Å². The number of hydrogen-bond acceptors (Lipinski definition) is 4. The SMILES string of the molecule is O=C(NCc1ccccn1)c1ccc2nn(-c3cccnc3)cc2c1. The van der Waals surface area contributed by atoms with Crippen molar-refractivity contribution in [1.29, 1.82) is 0 Å². The lowest BCUT2D eigenvalue weighted by Gasteiger charge is -2.04. The van der Waals surface area contributed by atoms with Crippen LogP contribution in [0.25, 0.3) is 16.6 Å². The van der Waals surface area contributed by atoms with Crippen molar-refractivity contribution < 1.29 is 4.79 Å². The second-order valence-corrected chi connectivity index (χ2v) is 5.56. The van der Waals surface area contributed by atoms with Crippen LogP contribution in [-0.4, -0.2) is 25.7 Å². The summed E-state index contributed by atoms with van der Waals surface area (Å²) in [6.07, 6.45) is 7.06. The van der Waals surface area contributed by atoms with E-state index >= 15 is 0 Å². The van der Waals surface area contributed by atoms with Crippen LogP contribution in [0.4, 0.5) is 0 Å². The molecule has 0 aliphatic heterocycles. The molecule has 0 bridgehead atoms. The first-order valence-corrected chi connectivity index (χ1v) is 7.87. The van der Waals surface area contributed by atoms with Gasteiger partial charge in [-0.1, -0.05) is 6.07 Å². The van der Waals surface area contributed by atoms with Crippen LogP contribution in [0.5, 0.6) is 0 Å². The van der Waals surface area contributed by atoms with Crippen LogP contribution in [0.2, 0.25) is 0 Å². The van der Waals surface area contributed by atoms with E-state index in [1.54, 1.807) is 29.3 Å². The summed E-state index contributed by atoms with van der Waals surface area (Å²) in [7, 11) is 0. The lowest BCUT2D eigenvalue weighted by molar-refractivity contribution is 0.0950. The first-order chi connectivity index (χ1) is 12.3. The summed E-state index contributed by atoms with van der Waals surface area (Å²) in [4.78, 5) is 20.7. The van der Waals surface area contributed by atoms with E-state index in [-0.39, 0.29) is 5.91 Å². The van der Waals surface area contributed by atoms with Crippen molar-refractivity contribution in [3.05, 3.63) is 84.6 Å². The second kappa shape index (κ2) is 6.52. The Morgan fingerprint density at radius 3 is 2.84 bits per heavy atom. The Hall–Kier alpha value is -3.54. The van der Waals surface area contributed by atoms with Gasteiger partial charge in [0.2, 0.25) is 0 Å². The molecule has 6 heteroatoms. The number of rotatable bonds is 4. The van der Waals surface area contributed by atoms with Crippen molar-refractivity contribution in [2.24, 2.45) is 0 Å². The maximum Gasteiger partial charge on any atom is 0.251 e. The molecule has 25 heavy (non-hydrogen) atoms. The molecule has 0 radical (unpaired) electrons. The molecule has 3 aromatic heterocycles. The van der Waals surface area contributed by atoms with E-state index < -0.39 is 0 Å². The quantitative estimate of drug-likeness (QED) is 0.625. The van der Waals surface area contributed by atoms with Gasteiger partial charge in [0.1, 0.15) is 0 Å². The van der Waals surface area contributed by atoms with Gasteiger partial charge in [-0.2, -0.15) is 5.10 Å². The first-order valence-electron chi connectivity index (χ1n) is 7.87. The van der Waals surface area contributed by atoms with E-state index in [0.717, 1.165) is 22.3 Å². The van der Waals surface area contributed by atoms with Gasteiger partial charge in [-0.15, -0.1) is 0 Å². The number of carbonyl (C=O) groups is 1. The van der Waals surface area contributed by atoms with E-state index in [1.165, 1.54) is 0 Å². The van der Waals surface area contributed by atoms with Gasteiger partial charge in [0.25, 0.3) is 5.91 Å². The van der Waals surface area contributed by atoms with Crippen LogP contribution in [0.1, 0.15) is 16.1 Å². The van der Waals surface area contributed by atoms with Crippen molar-refractivity contribution in [1.82, 2.24) is 25.1 Å². The third-order valence-electron chi connectivity index (χ3n) is 3.83. The summed E-state index contributed by atoms with van der Waals surface area (Å²) in [5, 5.41) is 8.29. The standard InChI is InChI=1S/C19H15N5O/c25-19(22-11-16-4-1-2-9-21-16)14-6-7-18-15(10-14)13-24(23-18)17-5-3-8-20-12-17/h1-10,12-13H,11H2,(H,22,25). The molecule has 0 saturated heterocycles. The molecule has 0 aliphatic rings. The van der Waals surface area contributed by atoms with E-state index in [2.05, 4.69) is 20.4 Å². The second-order valence-electron chi connectivity index (χ2n) is 5.56. The minimum absolute atomic E-state index is 0.137. The van der Waals surface area contributed by atoms with Gasteiger partial charge >= 0.3 is 0 Å². The highest BCUT2D eigenvalue weighted by atomic mass is 16.1. The zero-order chi connectivity index (χ0) is 17.1. The van der Waals surface area contributed by atoms with Gasteiger partial charge < -0.3 is 5.32 Å². The molecule has 122 valence electrons. The zero-order valence-corrected chi connectivity index (χ0v) is 13.3. The molecule has 6 nitrogen and oxygen atoms in total. The Labute approximate surface area is 144 Å². The smallest absolute Gasteiger partial charge is 0.251 e. The van der Waals surface area contributed by atoms with E-state index in [4.69, 9.17) is 0 Å². The van der Waals surface area contributed by atoms with Gasteiger partial charge in [-0.3, -0.25) is 14.8 Å². The monoisotopic (exact) mass is 329 g/mol. The minimum atomic E-state index is -0.137. The molecule has 4 rings (SSSR count). The predicted molar refractivity (Wildman–Crippen MR) is 94.3 cm³/mol. The molecule has 0 saturated carbocycles. The molecule has 1 N–H and O–H groups in total. The summed E-state index contributed by atoms with van der Waals surface area (Å²) < 4.78 is 1.76. The van der Waals surface area contributed by atoms with Gasteiger partial charge in [0.15, 0.2) is 0 Å². The fraction of sp³-hybridized carbons (Fsp3) is 0.0526. The Morgan fingerprint density at radius 2 is 2.04 bits per heavy atom. The molecule has 0 fully saturated rings. The van der Waals surface area contributed by atoms with Crippen LogP contribution < -0.4 is 5.32 Å². The minimum Gasteiger partial charge on any atom is -0.346 e. The van der Waals surface area contributed by atoms with Crippen molar-refractivity contribution in [3.63, 3.8) is 0 Å². The molecular weight excluding hydrogens is 314 g/mol. The number of fused-ring (bicyclic) bond motifs is 1. The van der Waals surface area contributed by atoms with Gasteiger partial charge in [0.05, 0.1) is 29.6 Å². The lowest BCUT2D eigenvalue weighted by atomic mass is 10.1. The number of amides is 1. The number of nitrogens with zero attached hydrogens (tertiary/aromatic N) is 4. The molecule has 1 amide bonds. The maximum atomic E-state index is 12.4. The Morgan fingerprint density at radius 1 is 1.08 bits per heavy atom. The molecule has 0 aliphatic carbocycles. The fourth-order valence-corrected chi connectivity index (χ4v) is 2.56. The number of pyridine rings is 2. The molecule has 3 heterocycles. The average Bonchev–Trinajstić information content (AvgIpc) is 3.11. The highest BCUT2D eigenvalue weighted by Gasteiger charge is 2.09. The number of hydrogen-bond donors (Lipinski definition) is 1. The normalized spacial score (nSPS) is 10.7. The molecule has 0 atom stereocenters. The number of aromatic nitrogens is 4. The summed E-state index contributed by atoms with van der Waals surface area (Å²) in [5.74, 6) is -0.137. The number of nitrogens with one attached hydrogen (secondary N) is 1.